The summed E-state index contributed by atoms with van der Waals surface area (Å²) < 4.78 is 0.626. The summed E-state index contributed by atoms with van der Waals surface area (Å²) in [6.45, 7) is 13.4. The Balaban J connectivity index is 0. The molecule has 98 valence electrons. The normalized spacial score (nSPS) is 14.4. The second-order valence-corrected chi connectivity index (χ2v) is 6.66. The second-order valence-electron chi connectivity index (χ2n) is 5.63. The van der Waals surface area contributed by atoms with Gasteiger partial charge in [-0.1, -0.05) is 32.0 Å². The monoisotopic (exact) mass is 324 g/mol. The van der Waals surface area contributed by atoms with E-state index < -0.39 is 0 Å². The topological polar surface area (TPSA) is 3.24 Å². The van der Waals surface area contributed by atoms with Crippen LogP contribution in [0.3, 0.4) is 0 Å². The van der Waals surface area contributed by atoms with E-state index in [1.165, 1.54) is 0 Å². The molecule has 0 N–H and O–H groups in total. The molecule has 0 aromatic rings. The summed E-state index contributed by atoms with van der Waals surface area (Å²) in [5, 5.41) is 0. The van der Waals surface area contributed by atoms with E-state index in [9.17, 15) is 0 Å². The van der Waals surface area contributed by atoms with Crippen LogP contribution in [-0.4, -0.2) is 21.3 Å². The van der Waals surface area contributed by atoms with Gasteiger partial charge in [-0.15, -0.1) is 0 Å². The van der Waals surface area contributed by atoms with Crippen LogP contribution < -0.4 is 0 Å². The Bertz CT molecular complexity index is 203. The van der Waals surface area contributed by atoms with Crippen molar-refractivity contribution >= 4 is 29.2 Å². The quantitative estimate of drug-likeness (QED) is 0.413. The van der Waals surface area contributed by atoms with Crippen molar-refractivity contribution in [1.29, 1.82) is 0 Å². The van der Waals surface area contributed by atoms with Crippen LogP contribution in [0.1, 0.15) is 54.4 Å². The van der Waals surface area contributed by atoms with Crippen LogP contribution in [0, 0.1) is 11.8 Å². The van der Waals surface area contributed by atoms with Crippen molar-refractivity contribution < 1.29 is 19.5 Å². The van der Waals surface area contributed by atoms with Crippen molar-refractivity contribution in [3.63, 3.8) is 0 Å². The van der Waals surface area contributed by atoms with Gasteiger partial charge in [-0.25, -0.2) is 0 Å². The molecule has 0 heterocycles. The fraction of sp³-hybridized carbons (Fsp3) is 0.923. The summed E-state index contributed by atoms with van der Waals surface area (Å²) in [5.41, 5.74) is 0. The average molecular weight is 326 g/mol. The van der Waals surface area contributed by atoms with Crippen LogP contribution in [0.4, 0.5) is 0 Å². The number of rotatable bonds is 6. The zero-order valence-electron chi connectivity index (χ0n) is 12.2. The van der Waals surface area contributed by atoms with Crippen molar-refractivity contribution in [1.82, 2.24) is 4.90 Å². The van der Waals surface area contributed by atoms with Crippen LogP contribution in [0.5, 0.6) is 0 Å². The number of hydrogen-bond acceptors (Lipinski definition) is 2. The van der Waals surface area contributed by atoms with Gasteiger partial charge in [0.25, 0.3) is 0 Å². The number of thiocarbonyl (C=S) groups is 1. The van der Waals surface area contributed by atoms with Crippen molar-refractivity contribution in [3.8, 4) is 0 Å². The van der Waals surface area contributed by atoms with E-state index in [2.05, 4.69) is 46.4 Å². The van der Waals surface area contributed by atoms with Gasteiger partial charge in [0.2, 0.25) is 0 Å². The summed E-state index contributed by atoms with van der Waals surface area (Å²) in [6.07, 6.45) is 2.30. The molecule has 1 nitrogen and oxygen atoms in total. The summed E-state index contributed by atoms with van der Waals surface area (Å²) >= 11 is 10.4. The molecule has 17 heavy (non-hydrogen) atoms. The summed E-state index contributed by atoms with van der Waals surface area (Å²) in [7, 11) is 0. The molecule has 0 fully saturated rings. The standard InChI is InChI=1S/C13H27NS2.Zn/c1-9(2)7-11(5)14(13(15)16)12(6)8-10(3)4;/h9-12H,7-8H2,1-6H3,(H,15,16);/p-1. The first kappa shape index (κ1) is 20.1. The van der Waals surface area contributed by atoms with E-state index >= 15 is 0 Å². The van der Waals surface area contributed by atoms with E-state index in [1.807, 2.05) is 0 Å². The van der Waals surface area contributed by atoms with Crippen LogP contribution in [0.25, 0.3) is 0 Å². The van der Waals surface area contributed by atoms with Gasteiger partial charge in [-0.3, -0.25) is 0 Å². The van der Waals surface area contributed by atoms with E-state index in [1.54, 1.807) is 0 Å². The van der Waals surface area contributed by atoms with Gasteiger partial charge in [0.1, 0.15) is 0 Å². The maximum Gasteiger partial charge on any atom is 0.0251 e. The maximum atomic E-state index is 5.22. The molecule has 0 aliphatic rings. The predicted octanol–water partition coefficient (Wildman–Crippen LogP) is 3.99. The maximum absolute atomic E-state index is 5.22. The fourth-order valence-corrected chi connectivity index (χ4v) is 3.11. The van der Waals surface area contributed by atoms with Gasteiger partial charge in [0.05, 0.1) is 0 Å². The van der Waals surface area contributed by atoms with Gasteiger partial charge in [-0.05, 0) is 38.5 Å². The smallest absolute Gasteiger partial charge is 0.0251 e. The first-order valence-electron chi connectivity index (χ1n) is 6.25. The summed E-state index contributed by atoms with van der Waals surface area (Å²) in [6, 6.07) is 0.914. The minimum Gasteiger partial charge on any atom is -0.411 e. The van der Waals surface area contributed by atoms with Crippen LogP contribution in [0.2, 0.25) is 0 Å². The van der Waals surface area contributed by atoms with Gasteiger partial charge in [0, 0.05) is 31.6 Å². The van der Waals surface area contributed by atoms with Gasteiger partial charge in [-0.2, -0.15) is 0 Å². The van der Waals surface area contributed by atoms with Gasteiger partial charge >= 0.3 is 0 Å². The fourth-order valence-electron chi connectivity index (χ4n) is 2.39. The molecule has 2 unspecified atom stereocenters. The van der Waals surface area contributed by atoms with Crippen LogP contribution in [0.15, 0.2) is 0 Å². The largest absolute Gasteiger partial charge is 0.411 e. The molecular formula is C13H26NS2Zn-. The van der Waals surface area contributed by atoms with Crippen LogP contribution in [-0.2, 0) is 32.1 Å². The van der Waals surface area contributed by atoms with E-state index in [-0.39, 0.29) is 19.5 Å². The Hall–Kier alpha value is 0.733. The van der Waals surface area contributed by atoms with Crippen molar-refractivity contribution in [2.75, 3.05) is 0 Å². The van der Waals surface area contributed by atoms with E-state index in [0.29, 0.717) is 28.2 Å². The Morgan fingerprint density at radius 2 is 1.24 bits per heavy atom. The summed E-state index contributed by atoms with van der Waals surface area (Å²) in [4.78, 5) is 2.24. The molecule has 0 saturated heterocycles. The molecule has 4 heteroatoms. The van der Waals surface area contributed by atoms with Crippen molar-refractivity contribution in [2.45, 2.75) is 66.5 Å². The SMILES string of the molecule is CC(C)CC(C)N(C(=S)[S-])C(C)CC(C)C.[Zn]. The van der Waals surface area contributed by atoms with E-state index in [4.69, 9.17) is 24.8 Å². The summed E-state index contributed by atoms with van der Waals surface area (Å²) in [5.74, 6) is 1.38. The van der Waals surface area contributed by atoms with Crippen molar-refractivity contribution in [3.05, 3.63) is 0 Å². The Morgan fingerprint density at radius 3 is 1.41 bits per heavy atom. The molecule has 0 aliphatic heterocycles. The first-order chi connectivity index (χ1) is 7.25. The second kappa shape index (κ2) is 9.64. The minimum absolute atomic E-state index is 0. The van der Waals surface area contributed by atoms with Crippen LogP contribution >= 0.6 is 12.2 Å². The third kappa shape index (κ3) is 8.45. The molecular weight excluding hydrogens is 300 g/mol. The minimum atomic E-state index is 0. The van der Waals surface area contributed by atoms with Gasteiger partial charge < -0.3 is 29.7 Å². The predicted molar refractivity (Wildman–Crippen MR) is 79.6 cm³/mol. The molecule has 0 rings (SSSR count). The third-order valence-corrected chi connectivity index (χ3v) is 3.21. The Labute approximate surface area is 131 Å². The van der Waals surface area contributed by atoms with Crippen molar-refractivity contribution in [2.24, 2.45) is 11.8 Å². The Kier molecular flexibility index (Phi) is 11.4. The molecule has 0 aromatic carbocycles. The molecule has 0 spiro atoms. The zero-order chi connectivity index (χ0) is 12.9. The molecule has 0 aliphatic carbocycles. The van der Waals surface area contributed by atoms with E-state index in [0.717, 1.165) is 12.8 Å². The molecule has 2 atom stereocenters. The zero-order valence-corrected chi connectivity index (χ0v) is 16.8. The molecule has 0 radical (unpaired) electrons. The first-order valence-corrected chi connectivity index (χ1v) is 7.06. The third-order valence-electron chi connectivity index (χ3n) is 2.79. The Morgan fingerprint density at radius 1 is 0.941 bits per heavy atom. The molecule has 0 amide bonds. The molecule has 0 bridgehead atoms. The molecule has 0 saturated carbocycles. The molecule has 0 aromatic heterocycles. The van der Waals surface area contributed by atoms with Gasteiger partial charge in [0.15, 0.2) is 0 Å². The number of nitrogens with zero attached hydrogens (tertiary/aromatic N) is 1. The number of hydrogen-bond donors (Lipinski definition) is 0. The average Bonchev–Trinajstić information content (AvgIpc) is 1.98.